The Balaban J connectivity index is 2.22. The SMILES string of the molecule is CCNCc1ccccc1Oc1cc(F)cc(F)c1. The van der Waals surface area contributed by atoms with Crippen LogP contribution in [0.4, 0.5) is 8.78 Å². The van der Waals surface area contributed by atoms with Gasteiger partial charge in [0.25, 0.3) is 0 Å². The third-order valence-electron chi connectivity index (χ3n) is 2.60. The molecule has 2 rings (SSSR count). The number of halogens is 2. The van der Waals surface area contributed by atoms with E-state index in [2.05, 4.69) is 5.32 Å². The van der Waals surface area contributed by atoms with Crippen molar-refractivity contribution in [1.29, 1.82) is 0 Å². The van der Waals surface area contributed by atoms with Crippen molar-refractivity contribution in [2.24, 2.45) is 0 Å². The highest BCUT2D eigenvalue weighted by molar-refractivity contribution is 5.38. The molecule has 0 radical (unpaired) electrons. The predicted octanol–water partition coefficient (Wildman–Crippen LogP) is 3.87. The van der Waals surface area contributed by atoms with Gasteiger partial charge in [-0.3, -0.25) is 0 Å². The van der Waals surface area contributed by atoms with Crippen LogP contribution >= 0.6 is 0 Å². The molecule has 100 valence electrons. The number of para-hydroxylation sites is 1. The second-order valence-electron chi connectivity index (χ2n) is 4.10. The van der Waals surface area contributed by atoms with E-state index in [1.165, 1.54) is 0 Å². The summed E-state index contributed by atoms with van der Waals surface area (Å²) in [4.78, 5) is 0. The largest absolute Gasteiger partial charge is 0.457 e. The van der Waals surface area contributed by atoms with Crippen LogP contribution in [0.3, 0.4) is 0 Å². The van der Waals surface area contributed by atoms with Crippen molar-refractivity contribution in [2.45, 2.75) is 13.5 Å². The Morgan fingerprint density at radius 2 is 1.74 bits per heavy atom. The maximum atomic E-state index is 13.1. The van der Waals surface area contributed by atoms with E-state index in [9.17, 15) is 8.78 Å². The quantitative estimate of drug-likeness (QED) is 0.884. The van der Waals surface area contributed by atoms with Crippen molar-refractivity contribution in [1.82, 2.24) is 5.32 Å². The number of ether oxygens (including phenoxy) is 1. The fourth-order valence-electron chi connectivity index (χ4n) is 1.72. The van der Waals surface area contributed by atoms with Gasteiger partial charge in [0, 0.05) is 30.3 Å². The van der Waals surface area contributed by atoms with Crippen LogP contribution in [0.1, 0.15) is 12.5 Å². The molecule has 0 aliphatic rings. The summed E-state index contributed by atoms with van der Waals surface area (Å²) in [6.07, 6.45) is 0. The Morgan fingerprint density at radius 3 is 2.42 bits per heavy atom. The van der Waals surface area contributed by atoms with Gasteiger partial charge in [0.1, 0.15) is 23.1 Å². The molecule has 0 unspecified atom stereocenters. The van der Waals surface area contributed by atoms with Gasteiger partial charge in [0.15, 0.2) is 0 Å². The van der Waals surface area contributed by atoms with Crippen molar-refractivity contribution >= 4 is 0 Å². The molecule has 0 aliphatic carbocycles. The molecule has 4 heteroatoms. The van der Waals surface area contributed by atoms with E-state index in [0.29, 0.717) is 12.3 Å². The molecule has 0 heterocycles. The first-order valence-corrected chi connectivity index (χ1v) is 6.11. The molecular weight excluding hydrogens is 248 g/mol. The Bertz CT molecular complexity index is 537. The molecule has 2 nitrogen and oxygen atoms in total. The van der Waals surface area contributed by atoms with Crippen LogP contribution in [0.2, 0.25) is 0 Å². The first kappa shape index (κ1) is 13.5. The van der Waals surface area contributed by atoms with Crippen molar-refractivity contribution in [3.8, 4) is 11.5 Å². The number of nitrogens with one attached hydrogen (secondary N) is 1. The molecule has 1 N–H and O–H groups in total. The first-order valence-electron chi connectivity index (χ1n) is 6.11. The van der Waals surface area contributed by atoms with Gasteiger partial charge in [0.05, 0.1) is 0 Å². The Labute approximate surface area is 111 Å². The van der Waals surface area contributed by atoms with Crippen LogP contribution in [0.15, 0.2) is 42.5 Å². The smallest absolute Gasteiger partial charge is 0.133 e. The average Bonchev–Trinajstić information content (AvgIpc) is 2.36. The van der Waals surface area contributed by atoms with E-state index >= 15 is 0 Å². The molecule has 19 heavy (non-hydrogen) atoms. The van der Waals surface area contributed by atoms with Gasteiger partial charge in [-0.05, 0) is 12.6 Å². The van der Waals surface area contributed by atoms with E-state index in [0.717, 1.165) is 30.3 Å². The normalized spacial score (nSPS) is 10.5. The summed E-state index contributed by atoms with van der Waals surface area (Å²) in [7, 11) is 0. The van der Waals surface area contributed by atoms with Gasteiger partial charge in [-0.1, -0.05) is 25.1 Å². The molecule has 0 bridgehead atoms. The minimum atomic E-state index is -0.654. The van der Waals surface area contributed by atoms with Crippen molar-refractivity contribution in [3.05, 3.63) is 59.7 Å². The maximum Gasteiger partial charge on any atom is 0.133 e. The average molecular weight is 263 g/mol. The summed E-state index contributed by atoms with van der Waals surface area (Å²) in [6, 6.07) is 10.5. The van der Waals surface area contributed by atoms with E-state index in [-0.39, 0.29) is 5.75 Å². The fraction of sp³-hybridized carbons (Fsp3) is 0.200. The van der Waals surface area contributed by atoms with Crippen molar-refractivity contribution in [2.75, 3.05) is 6.54 Å². The Kier molecular flexibility index (Phi) is 4.47. The molecular formula is C15H15F2NO. The monoisotopic (exact) mass is 263 g/mol. The van der Waals surface area contributed by atoms with Gasteiger partial charge in [-0.15, -0.1) is 0 Å². The van der Waals surface area contributed by atoms with Gasteiger partial charge in [-0.2, -0.15) is 0 Å². The summed E-state index contributed by atoms with van der Waals surface area (Å²) in [5, 5.41) is 3.19. The molecule has 0 aromatic heterocycles. The van der Waals surface area contributed by atoms with Crippen LogP contribution in [0, 0.1) is 11.6 Å². The van der Waals surface area contributed by atoms with Crippen molar-refractivity contribution in [3.63, 3.8) is 0 Å². The summed E-state index contributed by atoms with van der Waals surface area (Å²) in [5.74, 6) is -0.562. The van der Waals surface area contributed by atoms with Gasteiger partial charge < -0.3 is 10.1 Å². The molecule has 0 amide bonds. The number of hydrogen-bond donors (Lipinski definition) is 1. The van der Waals surface area contributed by atoms with Gasteiger partial charge in [0.2, 0.25) is 0 Å². The number of hydrogen-bond acceptors (Lipinski definition) is 2. The van der Waals surface area contributed by atoms with Gasteiger partial charge >= 0.3 is 0 Å². The highest BCUT2D eigenvalue weighted by Gasteiger charge is 2.06. The van der Waals surface area contributed by atoms with Crippen LogP contribution < -0.4 is 10.1 Å². The minimum Gasteiger partial charge on any atom is -0.457 e. The lowest BCUT2D eigenvalue weighted by Gasteiger charge is -2.11. The van der Waals surface area contributed by atoms with E-state index < -0.39 is 11.6 Å². The number of benzene rings is 2. The zero-order valence-corrected chi connectivity index (χ0v) is 10.6. The molecule has 0 spiro atoms. The standard InChI is InChI=1S/C15H15F2NO/c1-2-18-10-11-5-3-4-6-15(11)19-14-8-12(16)7-13(17)9-14/h3-9,18H,2,10H2,1H3. The lowest BCUT2D eigenvalue weighted by molar-refractivity contribution is 0.460. The number of rotatable bonds is 5. The summed E-state index contributed by atoms with van der Waals surface area (Å²) in [6.45, 7) is 3.48. The molecule has 0 saturated heterocycles. The molecule has 0 aliphatic heterocycles. The first-order chi connectivity index (χ1) is 9.19. The summed E-state index contributed by atoms with van der Waals surface area (Å²) < 4.78 is 31.8. The minimum absolute atomic E-state index is 0.154. The second kappa shape index (κ2) is 6.29. The highest BCUT2D eigenvalue weighted by Crippen LogP contribution is 2.26. The third kappa shape index (κ3) is 3.76. The van der Waals surface area contributed by atoms with Crippen molar-refractivity contribution < 1.29 is 13.5 Å². The Morgan fingerprint density at radius 1 is 1.05 bits per heavy atom. The van der Waals surface area contributed by atoms with Crippen LogP contribution in [-0.4, -0.2) is 6.54 Å². The summed E-state index contributed by atoms with van der Waals surface area (Å²) in [5.41, 5.74) is 0.939. The lowest BCUT2D eigenvalue weighted by atomic mass is 10.2. The zero-order chi connectivity index (χ0) is 13.7. The molecule has 0 fully saturated rings. The topological polar surface area (TPSA) is 21.3 Å². The van der Waals surface area contributed by atoms with E-state index in [1.807, 2.05) is 25.1 Å². The molecule has 0 atom stereocenters. The molecule has 2 aromatic carbocycles. The maximum absolute atomic E-state index is 13.1. The highest BCUT2D eigenvalue weighted by atomic mass is 19.1. The summed E-state index contributed by atoms with van der Waals surface area (Å²) >= 11 is 0. The zero-order valence-electron chi connectivity index (χ0n) is 10.6. The molecule has 0 saturated carbocycles. The van der Waals surface area contributed by atoms with E-state index in [1.54, 1.807) is 6.07 Å². The lowest BCUT2D eigenvalue weighted by Crippen LogP contribution is -2.12. The fourth-order valence-corrected chi connectivity index (χ4v) is 1.72. The van der Waals surface area contributed by atoms with Crippen LogP contribution in [-0.2, 0) is 6.54 Å². The third-order valence-corrected chi connectivity index (χ3v) is 2.60. The van der Waals surface area contributed by atoms with Crippen LogP contribution in [0.5, 0.6) is 11.5 Å². The van der Waals surface area contributed by atoms with E-state index in [4.69, 9.17) is 4.74 Å². The molecule has 2 aromatic rings. The van der Waals surface area contributed by atoms with Gasteiger partial charge in [-0.25, -0.2) is 8.78 Å². The second-order valence-corrected chi connectivity index (χ2v) is 4.10. The van der Waals surface area contributed by atoms with Crippen LogP contribution in [0.25, 0.3) is 0 Å². The predicted molar refractivity (Wildman–Crippen MR) is 70.3 cm³/mol. The Hall–Kier alpha value is -1.94.